The fourth-order valence-electron chi connectivity index (χ4n) is 1.51. The summed E-state index contributed by atoms with van der Waals surface area (Å²) in [5.41, 5.74) is 1.18. The second kappa shape index (κ2) is 5.31. The van der Waals surface area contributed by atoms with Crippen LogP contribution in [0.15, 0.2) is 33.9 Å². The lowest BCUT2D eigenvalue weighted by Crippen LogP contribution is -2.13. The number of carbonyl (C=O) groups excluding carboxylic acids is 1. The second-order valence-corrected chi connectivity index (χ2v) is 6.81. The number of primary sulfonamides is 1. The van der Waals surface area contributed by atoms with Gasteiger partial charge < -0.3 is 5.32 Å². The largest absolute Gasteiger partial charge is 0.322 e. The Morgan fingerprint density at radius 3 is 2.65 bits per heavy atom. The van der Waals surface area contributed by atoms with Gasteiger partial charge in [-0.2, -0.15) is 0 Å². The fraction of sp³-hybridized carbons (Fsp3) is 0.0833. The fourth-order valence-corrected chi connectivity index (χ4v) is 3.09. The van der Waals surface area contributed by atoms with Gasteiger partial charge in [-0.05, 0) is 30.7 Å². The summed E-state index contributed by atoms with van der Waals surface area (Å²) in [5, 5.41) is 8.87. The molecule has 0 aliphatic carbocycles. The van der Waals surface area contributed by atoms with Gasteiger partial charge in [0.25, 0.3) is 5.91 Å². The van der Waals surface area contributed by atoms with E-state index in [2.05, 4.69) is 5.32 Å². The number of sulfonamides is 1. The topological polar surface area (TPSA) is 89.3 Å². The highest BCUT2D eigenvalue weighted by Gasteiger charge is 2.16. The first kappa shape index (κ1) is 14.6. The molecule has 0 unspecified atom stereocenters. The molecule has 0 spiro atoms. The quantitative estimate of drug-likeness (QED) is 0.909. The van der Waals surface area contributed by atoms with E-state index in [4.69, 9.17) is 5.14 Å². The standard InChI is InChI=1S/C12H11FN2O3S2/c1-7-2-3-9(13)5-10(7)15-12(16)8-4-11(19-6-8)20(14,17)18/h2-6H,1H3,(H,15,16)(H2,14,17,18). The average Bonchev–Trinajstić information content (AvgIpc) is 2.83. The lowest BCUT2D eigenvalue weighted by molar-refractivity contribution is 0.102. The summed E-state index contributed by atoms with van der Waals surface area (Å²) in [6.07, 6.45) is 0. The maximum Gasteiger partial charge on any atom is 0.256 e. The molecule has 0 aliphatic rings. The first-order valence-electron chi connectivity index (χ1n) is 5.46. The Morgan fingerprint density at radius 2 is 2.05 bits per heavy atom. The number of nitrogens with one attached hydrogen (secondary N) is 1. The van der Waals surface area contributed by atoms with Crippen LogP contribution in [0, 0.1) is 12.7 Å². The van der Waals surface area contributed by atoms with Crippen molar-refractivity contribution in [3.05, 3.63) is 46.6 Å². The van der Waals surface area contributed by atoms with E-state index in [1.54, 1.807) is 6.92 Å². The van der Waals surface area contributed by atoms with Crippen LogP contribution < -0.4 is 10.5 Å². The van der Waals surface area contributed by atoms with Gasteiger partial charge in [0.05, 0.1) is 5.56 Å². The number of halogens is 1. The molecule has 1 heterocycles. The molecule has 0 aliphatic heterocycles. The molecule has 0 saturated heterocycles. The van der Waals surface area contributed by atoms with Gasteiger partial charge in [0, 0.05) is 11.1 Å². The highest BCUT2D eigenvalue weighted by atomic mass is 32.2. The average molecular weight is 314 g/mol. The predicted octanol–water partition coefficient (Wildman–Crippen LogP) is 2.10. The number of thiophene rings is 1. The normalized spacial score (nSPS) is 11.3. The van der Waals surface area contributed by atoms with Crippen molar-refractivity contribution in [3.8, 4) is 0 Å². The number of hydrogen-bond acceptors (Lipinski definition) is 4. The third-order valence-corrected chi connectivity index (χ3v) is 4.95. The number of nitrogens with two attached hydrogens (primary N) is 1. The highest BCUT2D eigenvalue weighted by Crippen LogP contribution is 2.21. The monoisotopic (exact) mass is 314 g/mol. The lowest BCUT2D eigenvalue weighted by atomic mass is 10.2. The van der Waals surface area contributed by atoms with E-state index in [1.165, 1.54) is 29.6 Å². The Morgan fingerprint density at radius 1 is 1.35 bits per heavy atom. The van der Waals surface area contributed by atoms with Crippen LogP contribution in [0.4, 0.5) is 10.1 Å². The third-order valence-electron chi connectivity index (χ3n) is 2.57. The van der Waals surface area contributed by atoms with Crippen molar-refractivity contribution < 1.29 is 17.6 Å². The number of carbonyl (C=O) groups is 1. The minimum absolute atomic E-state index is 0.0985. The van der Waals surface area contributed by atoms with Gasteiger partial charge >= 0.3 is 0 Å². The van der Waals surface area contributed by atoms with Gasteiger partial charge in [0.2, 0.25) is 10.0 Å². The van der Waals surface area contributed by atoms with Crippen LogP contribution in [0.5, 0.6) is 0 Å². The molecule has 1 aromatic carbocycles. The predicted molar refractivity (Wildman–Crippen MR) is 74.8 cm³/mol. The van der Waals surface area contributed by atoms with Gasteiger partial charge in [0.1, 0.15) is 10.0 Å². The van der Waals surface area contributed by atoms with Gasteiger partial charge in [-0.25, -0.2) is 17.9 Å². The molecule has 8 heteroatoms. The van der Waals surface area contributed by atoms with Crippen molar-refractivity contribution >= 4 is 33.0 Å². The van der Waals surface area contributed by atoms with Crippen molar-refractivity contribution in [2.24, 2.45) is 5.14 Å². The van der Waals surface area contributed by atoms with E-state index in [1.807, 2.05) is 0 Å². The van der Waals surface area contributed by atoms with Crippen LogP contribution >= 0.6 is 11.3 Å². The Bertz CT molecular complexity index is 769. The molecule has 20 heavy (non-hydrogen) atoms. The van der Waals surface area contributed by atoms with E-state index in [0.29, 0.717) is 11.3 Å². The lowest BCUT2D eigenvalue weighted by Gasteiger charge is -2.07. The molecular weight excluding hydrogens is 303 g/mol. The van der Waals surface area contributed by atoms with Crippen LogP contribution in [0.25, 0.3) is 0 Å². The molecule has 106 valence electrons. The molecule has 0 bridgehead atoms. The Kier molecular flexibility index (Phi) is 3.89. The van der Waals surface area contributed by atoms with Gasteiger partial charge in [0.15, 0.2) is 0 Å². The summed E-state index contributed by atoms with van der Waals surface area (Å²) in [4.78, 5) is 12.0. The summed E-state index contributed by atoms with van der Waals surface area (Å²) in [6, 6.07) is 5.20. The molecule has 1 aromatic heterocycles. The van der Waals surface area contributed by atoms with E-state index >= 15 is 0 Å². The minimum atomic E-state index is -3.82. The SMILES string of the molecule is Cc1ccc(F)cc1NC(=O)c1csc(S(N)(=O)=O)c1. The van der Waals surface area contributed by atoms with Gasteiger partial charge in [-0.1, -0.05) is 6.07 Å². The Hall–Kier alpha value is -1.77. The zero-order chi connectivity index (χ0) is 14.9. The first-order valence-corrected chi connectivity index (χ1v) is 7.89. The smallest absolute Gasteiger partial charge is 0.256 e. The second-order valence-electron chi connectivity index (χ2n) is 4.11. The summed E-state index contributed by atoms with van der Waals surface area (Å²) < 4.78 is 35.3. The van der Waals surface area contributed by atoms with Crippen LogP contribution in [0.3, 0.4) is 0 Å². The molecule has 0 atom stereocenters. The number of rotatable bonds is 3. The first-order chi connectivity index (χ1) is 9.27. The van der Waals surface area contributed by atoms with E-state index in [0.717, 1.165) is 11.3 Å². The van der Waals surface area contributed by atoms with Crippen molar-refractivity contribution in [3.63, 3.8) is 0 Å². The Labute approximate surface area is 119 Å². The maximum atomic E-state index is 13.1. The molecule has 1 amide bonds. The van der Waals surface area contributed by atoms with Crippen molar-refractivity contribution in [1.29, 1.82) is 0 Å². The van der Waals surface area contributed by atoms with Crippen LogP contribution in [0.1, 0.15) is 15.9 Å². The molecule has 0 fully saturated rings. The zero-order valence-corrected chi connectivity index (χ0v) is 12.0. The number of hydrogen-bond donors (Lipinski definition) is 2. The number of aryl methyl sites for hydroxylation is 1. The maximum absolute atomic E-state index is 13.1. The van der Waals surface area contributed by atoms with Crippen molar-refractivity contribution in [1.82, 2.24) is 0 Å². The van der Waals surface area contributed by atoms with Crippen LogP contribution in [-0.2, 0) is 10.0 Å². The van der Waals surface area contributed by atoms with E-state index < -0.39 is 21.7 Å². The molecule has 0 radical (unpaired) electrons. The molecule has 2 aromatic rings. The summed E-state index contributed by atoms with van der Waals surface area (Å²) >= 11 is 0.855. The molecule has 2 rings (SSSR count). The molecule has 0 saturated carbocycles. The molecular formula is C12H11FN2O3S2. The van der Waals surface area contributed by atoms with Crippen LogP contribution in [-0.4, -0.2) is 14.3 Å². The van der Waals surface area contributed by atoms with Crippen LogP contribution in [0.2, 0.25) is 0 Å². The number of amides is 1. The Balaban J connectivity index is 2.24. The minimum Gasteiger partial charge on any atom is -0.322 e. The van der Waals surface area contributed by atoms with Crippen molar-refractivity contribution in [2.45, 2.75) is 11.1 Å². The van der Waals surface area contributed by atoms with Gasteiger partial charge in [-0.3, -0.25) is 4.79 Å². The van der Waals surface area contributed by atoms with Gasteiger partial charge in [-0.15, -0.1) is 11.3 Å². The van der Waals surface area contributed by atoms with E-state index in [9.17, 15) is 17.6 Å². The van der Waals surface area contributed by atoms with Crippen molar-refractivity contribution in [2.75, 3.05) is 5.32 Å². The molecule has 3 N–H and O–H groups in total. The highest BCUT2D eigenvalue weighted by molar-refractivity contribution is 7.91. The summed E-state index contributed by atoms with van der Waals surface area (Å²) in [6.45, 7) is 1.72. The summed E-state index contributed by atoms with van der Waals surface area (Å²) in [7, 11) is -3.82. The molecule has 5 nitrogen and oxygen atoms in total. The third kappa shape index (κ3) is 3.21. The zero-order valence-electron chi connectivity index (χ0n) is 10.4. The number of anilines is 1. The van der Waals surface area contributed by atoms with E-state index in [-0.39, 0.29) is 9.77 Å². The summed E-state index contributed by atoms with van der Waals surface area (Å²) in [5.74, 6) is -0.994. The number of benzene rings is 1.